The lowest BCUT2D eigenvalue weighted by Crippen LogP contribution is -2.28. The Morgan fingerprint density at radius 3 is 2.65 bits per heavy atom. The van der Waals surface area contributed by atoms with E-state index >= 15 is 0 Å². The molecule has 0 saturated carbocycles. The van der Waals surface area contributed by atoms with Crippen LogP contribution in [-0.4, -0.2) is 10.9 Å². The average Bonchev–Trinajstić information content (AvgIpc) is 2.73. The Morgan fingerprint density at radius 2 is 2.05 bits per heavy atom. The van der Waals surface area contributed by atoms with Gasteiger partial charge in [-0.3, -0.25) is 9.59 Å². The molecule has 20 heavy (non-hydrogen) atoms. The van der Waals surface area contributed by atoms with E-state index in [0.717, 1.165) is 16.1 Å². The molecule has 0 atom stereocenters. The molecule has 0 radical (unpaired) electrons. The number of aromatic nitrogens is 1. The third-order valence-electron chi connectivity index (χ3n) is 3.09. The van der Waals surface area contributed by atoms with E-state index in [0.29, 0.717) is 12.0 Å². The van der Waals surface area contributed by atoms with Crippen LogP contribution in [0.15, 0.2) is 23.0 Å². The van der Waals surface area contributed by atoms with Crippen molar-refractivity contribution in [1.29, 1.82) is 0 Å². The van der Waals surface area contributed by atoms with Crippen LogP contribution in [0.4, 0.5) is 0 Å². The highest BCUT2D eigenvalue weighted by Crippen LogP contribution is 2.15. The summed E-state index contributed by atoms with van der Waals surface area (Å²) in [6.07, 6.45) is 0.362. The van der Waals surface area contributed by atoms with Gasteiger partial charge in [-0.25, -0.2) is 0 Å². The van der Waals surface area contributed by atoms with E-state index in [9.17, 15) is 9.59 Å². The van der Waals surface area contributed by atoms with Crippen LogP contribution in [0.25, 0.3) is 0 Å². The van der Waals surface area contributed by atoms with Crippen molar-refractivity contribution in [2.24, 2.45) is 0 Å². The number of aryl methyl sites for hydroxylation is 3. The number of nitrogens with one attached hydrogen (secondary N) is 2. The number of H-pyrrole nitrogens is 1. The average molecular weight is 290 g/mol. The maximum absolute atomic E-state index is 11.9. The lowest BCUT2D eigenvalue weighted by Gasteiger charge is -2.07. The second-order valence-corrected chi connectivity index (χ2v) is 6.28. The molecule has 0 unspecified atom stereocenters. The molecular formula is C15H18N2O2S. The summed E-state index contributed by atoms with van der Waals surface area (Å²) in [4.78, 5) is 28.7. The van der Waals surface area contributed by atoms with Gasteiger partial charge in [-0.1, -0.05) is 0 Å². The molecule has 0 aliphatic carbocycles. The predicted molar refractivity (Wildman–Crippen MR) is 81.1 cm³/mol. The summed E-state index contributed by atoms with van der Waals surface area (Å²) in [6, 6.07) is 5.87. The van der Waals surface area contributed by atoms with Gasteiger partial charge in [-0.15, -0.1) is 11.3 Å². The first-order valence-electron chi connectivity index (χ1n) is 6.47. The number of aromatic amines is 1. The van der Waals surface area contributed by atoms with Crippen LogP contribution in [0.2, 0.25) is 0 Å². The van der Waals surface area contributed by atoms with Crippen LogP contribution in [0, 0.1) is 20.8 Å². The highest BCUT2D eigenvalue weighted by molar-refractivity contribution is 7.12. The first-order chi connectivity index (χ1) is 9.45. The number of pyridine rings is 1. The number of hydrogen-bond donors (Lipinski definition) is 2. The zero-order valence-electron chi connectivity index (χ0n) is 11.9. The molecule has 4 nitrogen and oxygen atoms in total. The number of hydrogen-bond acceptors (Lipinski definition) is 3. The minimum atomic E-state index is -0.130. The fourth-order valence-corrected chi connectivity index (χ4v) is 2.98. The first kappa shape index (κ1) is 14.5. The highest BCUT2D eigenvalue weighted by Gasteiger charge is 2.09. The summed E-state index contributed by atoms with van der Waals surface area (Å²) >= 11 is 1.62. The zero-order valence-corrected chi connectivity index (χ0v) is 12.7. The lowest BCUT2D eigenvalue weighted by molar-refractivity contribution is -0.120. The van der Waals surface area contributed by atoms with E-state index in [1.165, 1.54) is 4.88 Å². The number of rotatable bonds is 4. The van der Waals surface area contributed by atoms with Crippen molar-refractivity contribution in [1.82, 2.24) is 10.3 Å². The van der Waals surface area contributed by atoms with Crippen molar-refractivity contribution in [3.63, 3.8) is 0 Å². The van der Waals surface area contributed by atoms with Crippen molar-refractivity contribution < 1.29 is 4.79 Å². The van der Waals surface area contributed by atoms with E-state index < -0.39 is 0 Å². The van der Waals surface area contributed by atoms with E-state index in [1.54, 1.807) is 11.3 Å². The first-order valence-corrected chi connectivity index (χ1v) is 7.29. The highest BCUT2D eigenvalue weighted by atomic mass is 32.1. The van der Waals surface area contributed by atoms with E-state index in [1.807, 2.05) is 39.0 Å². The number of thiophene rings is 1. The molecule has 2 aromatic heterocycles. The Labute approximate surface area is 121 Å². The van der Waals surface area contributed by atoms with Crippen LogP contribution >= 0.6 is 11.3 Å². The smallest absolute Gasteiger partial charge is 0.253 e. The Hall–Kier alpha value is -1.88. The van der Waals surface area contributed by atoms with Crippen molar-refractivity contribution in [2.45, 2.75) is 33.7 Å². The van der Waals surface area contributed by atoms with Gasteiger partial charge in [-0.05, 0) is 44.5 Å². The minimum Gasteiger partial charge on any atom is -0.351 e. The molecule has 0 spiro atoms. The summed E-state index contributed by atoms with van der Waals surface area (Å²) in [5.41, 5.74) is 2.22. The topological polar surface area (TPSA) is 62.0 Å². The van der Waals surface area contributed by atoms with Crippen LogP contribution in [0.5, 0.6) is 0 Å². The summed E-state index contributed by atoms with van der Waals surface area (Å²) in [7, 11) is 0. The lowest BCUT2D eigenvalue weighted by atomic mass is 10.1. The van der Waals surface area contributed by atoms with Crippen LogP contribution in [0.3, 0.4) is 0 Å². The summed E-state index contributed by atoms with van der Waals surface area (Å²) in [6.45, 7) is 6.01. The molecule has 2 heterocycles. The molecule has 2 N–H and O–H groups in total. The molecule has 0 bridgehead atoms. The molecule has 2 aromatic rings. The van der Waals surface area contributed by atoms with Crippen LogP contribution < -0.4 is 10.9 Å². The van der Waals surface area contributed by atoms with Crippen LogP contribution in [-0.2, 0) is 17.8 Å². The van der Waals surface area contributed by atoms with Gasteiger partial charge in [0, 0.05) is 27.6 Å². The molecule has 0 aliphatic rings. The molecule has 2 rings (SSSR count). The Morgan fingerprint density at radius 1 is 1.30 bits per heavy atom. The summed E-state index contributed by atoms with van der Waals surface area (Å²) in [5, 5.41) is 2.81. The molecule has 0 saturated heterocycles. The molecule has 0 fully saturated rings. The number of carbonyl (C=O) groups is 1. The Bertz CT molecular complexity index is 685. The fraction of sp³-hybridized carbons (Fsp3) is 0.333. The quantitative estimate of drug-likeness (QED) is 0.907. The standard InChI is InChI=1S/C15H18N2O2S/c1-9-6-10(2)17-15(19)13(9)8-16-14(18)7-12-5-4-11(3)20-12/h4-6H,7-8H2,1-3H3,(H,16,18)(H,17,19). The van der Waals surface area contributed by atoms with Crippen LogP contribution in [0.1, 0.15) is 26.6 Å². The van der Waals surface area contributed by atoms with Gasteiger partial charge in [0.05, 0.1) is 6.42 Å². The second kappa shape index (κ2) is 6.05. The maximum atomic E-state index is 11.9. The zero-order chi connectivity index (χ0) is 14.7. The van der Waals surface area contributed by atoms with Gasteiger partial charge in [0.15, 0.2) is 0 Å². The third kappa shape index (κ3) is 3.57. The van der Waals surface area contributed by atoms with Gasteiger partial charge < -0.3 is 10.3 Å². The predicted octanol–water partition coefficient (Wildman–Crippen LogP) is 2.22. The fourth-order valence-electron chi connectivity index (χ4n) is 2.09. The van der Waals surface area contributed by atoms with Gasteiger partial charge in [0.25, 0.3) is 5.56 Å². The maximum Gasteiger partial charge on any atom is 0.253 e. The monoisotopic (exact) mass is 290 g/mol. The van der Waals surface area contributed by atoms with Crippen molar-refractivity contribution in [2.75, 3.05) is 0 Å². The van der Waals surface area contributed by atoms with Gasteiger partial charge >= 0.3 is 0 Å². The summed E-state index contributed by atoms with van der Waals surface area (Å²) in [5.74, 6) is -0.0637. The Kier molecular flexibility index (Phi) is 4.39. The van der Waals surface area contributed by atoms with Crippen molar-refractivity contribution in [3.05, 3.63) is 55.1 Å². The Balaban J connectivity index is 1.99. The van der Waals surface area contributed by atoms with E-state index in [4.69, 9.17) is 0 Å². The molecule has 0 aliphatic heterocycles. The number of carbonyl (C=O) groups excluding carboxylic acids is 1. The largest absolute Gasteiger partial charge is 0.351 e. The number of amides is 1. The molecule has 0 aromatic carbocycles. The van der Waals surface area contributed by atoms with Gasteiger partial charge in [-0.2, -0.15) is 0 Å². The second-order valence-electron chi connectivity index (χ2n) is 4.91. The minimum absolute atomic E-state index is 0.0637. The van der Waals surface area contributed by atoms with E-state index in [-0.39, 0.29) is 18.0 Å². The summed E-state index contributed by atoms with van der Waals surface area (Å²) < 4.78 is 0. The van der Waals surface area contributed by atoms with Crippen molar-refractivity contribution >= 4 is 17.2 Å². The van der Waals surface area contributed by atoms with Gasteiger partial charge in [0.2, 0.25) is 5.91 Å². The molecular weight excluding hydrogens is 272 g/mol. The molecule has 106 valence electrons. The molecule has 5 heteroatoms. The SMILES string of the molecule is Cc1cc(C)c(CNC(=O)Cc2ccc(C)s2)c(=O)[nH]1. The molecule has 1 amide bonds. The van der Waals surface area contributed by atoms with Crippen molar-refractivity contribution in [3.8, 4) is 0 Å². The van der Waals surface area contributed by atoms with Gasteiger partial charge in [0.1, 0.15) is 0 Å². The van der Waals surface area contributed by atoms with E-state index in [2.05, 4.69) is 10.3 Å². The third-order valence-corrected chi connectivity index (χ3v) is 4.09. The normalized spacial score (nSPS) is 10.6.